The Kier molecular flexibility index (Phi) is 2.90. The lowest BCUT2D eigenvalue weighted by Crippen LogP contribution is -2.22. The molecule has 2 rings (SSSR count). The number of esters is 1. The first-order chi connectivity index (χ1) is 7.77. The van der Waals surface area contributed by atoms with E-state index in [0.29, 0.717) is 12.1 Å². The zero-order chi connectivity index (χ0) is 11.5. The second-order valence-corrected chi connectivity index (χ2v) is 3.60. The van der Waals surface area contributed by atoms with Gasteiger partial charge >= 0.3 is 5.97 Å². The van der Waals surface area contributed by atoms with Gasteiger partial charge in [0.15, 0.2) is 0 Å². The number of carbonyl (C=O) groups excluding carboxylic acids is 1. The van der Waals surface area contributed by atoms with Crippen molar-refractivity contribution in [2.24, 2.45) is 11.1 Å². The van der Waals surface area contributed by atoms with Crippen LogP contribution in [-0.4, -0.2) is 25.9 Å². The summed E-state index contributed by atoms with van der Waals surface area (Å²) >= 11 is 0. The standard InChI is InChI=1S/C12H13NO3/c1-15-12(14)10-7-8-5-3-4-6-9(8)11(10)13-16-2/h3-6,10H,7H2,1-2H3. The summed E-state index contributed by atoms with van der Waals surface area (Å²) in [7, 11) is 2.86. The molecule has 84 valence electrons. The molecule has 0 amide bonds. The van der Waals surface area contributed by atoms with Crippen LogP contribution in [0.3, 0.4) is 0 Å². The van der Waals surface area contributed by atoms with Crippen molar-refractivity contribution in [1.82, 2.24) is 0 Å². The van der Waals surface area contributed by atoms with Crippen molar-refractivity contribution in [3.05, 3.63) is 35.4 Å². The molecule has 0 aromatic heterocycles. The van der Waals surface area contributed by atoms with Crippen LogP contribution < -0.4 is 0 Å². The molecular weight excluding hydrogens is 206 g/mol. The van der Waals surface area contributed by atoms with Crippen molar-refractivity contribution in [3.8, 4) is 0 Å². The molecule has 1 aliphatic rings. The predicted molar refractivity (Wildman–Crippen MR) is 59.2 cm³/mol. The fourth-order valence-corrected chi connectivity index (χ4v) is 2.00. The largest absolute Gasteiger partial charge is 0.468 e. The van der Waals surface area contributed by atoms with Gasteiger partial charge in [0.2, 0.25) is 0 Å². The molecule has 0 heterocycles. The van der Waals surface area contributed by atoms with Gasteiger partial charge in [0.25, 0.3) is 0 Å². The minimum Gasteiger partial charge on any atom is -0.468 e. The fourth-order valence-electron chi connectivity index (χ4n) is 2.00. The van der Waals surface area contributed by atoms with Crippen LogP contribution in [0.4, 0.5) is 0 Å². The first kappa shape index (κ1) is 10.7. The van der Waals surface area contributed by atoms with Crippen molar-refractivity contribution in [2.45, 2.75) is 6.42 Å². The van der Waals surface area contributed by atoms with Crippen LogP contribution in [-0.2, 0) is 20.8 Å². The van der Waals surface area contributed by atoms with Crippen LogP contribution in [0.25, 0.3) is 0 Å². The molecule has 0 fully saturated rings. The van der Waals surface area contributed by atoms with E-state index in [2.05, 4.69) is 5.16 Å². The molecule has 0 aliphatic heterocycles. The maximum absolute atomic E-state index is 11.6. The Hall–Kier alpha value is -1.84. The van der Waals surface area contributed by atoms with E-state index in [9.17, 15) is 4.79 Å². The highest BCUT2D eigenvalue weighted by Crippen LogP contribution is 2.28. The Labute approximate surface area is 93.9 Å². The number of rotatable bonds is 2. The number of benzene rings is 1. The third-order valence-electron chi connectivity index (χ3n) is 2.72. The van der Waals surface area contributed by atoms with E-state index in [1.54, 1.807) is 0 Å². The molecule has 0 radical (unpaired) electrons. The minimum atomic E-state index is -0.345. The summed E-state index contributed by atoms with van der Waals surface area (Å²) in [6, 6.07) is 7.80. The third-order valence-corrected chi connectivity index (χ3v) is 2.72. The maximum Gasteiger partial charge on any atom is 0.315 e. The van der Waals surface area contributed by atoms with E-state index in [1.165, 1.54) is 14.2 Å². The van der Waals surface area contributed by atoms with Crippen LogP contribution in [0.5, 0.6) is 0 Å². The highest BCUT2D eigenvalue weighted by Gasteiger charge is 2.35. The maximum atomic E-state index is 11.6. The van der Waals surface area contributed by atoms with Crippen LogP contribution in [0.1, 0.15) is 11.1 Å². The molecule has 16 heavy (non-hydrogen) atoms. The van der Waals surface area contributed by atoms with Crippen LogP contribution in [0.15, 0.2) is 29.4 Å². The zero-order valence-corrected chi connectivity index (χ0v) is 9.27. The number of hydrogen-bond acceptors (Lipinski definition) is 4. The van der Waals surface area contributed by atoms with Gasteiger partial charge in [-0.3, -0.25) is 4.79 Å². The molecule has 4 nitrogen and oxygen atoms in total. The highest BCUT2D eigenvalue weighted by molar-refractivity contribution is 6.15. The van der Waals surface area contributed by atoms with Crippen LogP contribution >= 0.6 is 0 Å². The Morgan fingerprint density at radius 1 is 1.38 bits per heavy atom. The number of carbonyl (C=O) groups is 1. The molecule has 4 heteroatoms. The molecule has 0 spiro atoms. The predicted octanol–water partition coefficient (Wildman–Crippen LogP) is 1.38. The lowest BCUT2D eigenvalue weighted by atomic mass is 10.1. The van der Waals surface area contributed by atoms with Gasteiger partial charge in [-0.25, -0.2) is 0 Å². The normalized spacial score (nSPS) is 20.6. The average molecular weight is 219 g/mol. The average Bonchev–Trinajstić information content (AvgIpc) is 2.68. The molecule has 1 atom stereocenters. The van der Waals surface area contributed by atoms with E-state index < -0.39 is 0 Å². The number of nitrogens with zero attached hydrogens (tertiary/aromatic N) is 1. The quantitative estimate of drug-likeness (QED) is 0.557. The van der Waals surface area contributed by atoms with Crippen molar-refractivity contribution < 1.29 is 14.4 Å². The number of hydrogen-bond donors (Lipinski definition) is 0. The topological polar surface area (TPSA) is 47.9 Å². The molecule has 0 N–H and O–H groups in total. The Bertz CT molecular complexity index is 440. The number of ether oxygens (including phenoxy) is 1. The van der Waals surface area contributed by atoms with Gasteiger partial charge in [0, 0.05) is 5.56 Å². The Morgan fingerprint density at radius 3 is 2.81 bits per heavy atom. The summed E-state index contributed by atoms with van der Waals surface area (Å²) in [5.41, 5.74) is 2.73. The van der Waals surface area contributed by atoms with Crippen molar-refractivity contribution in [2.75, 3.05) is 14.2 Å². The molecule has 1 aromatic rings. The lowest BCUT2D eigenvalue weighted by molar-refractivity contribution is -0.142. The van der Waals surface area contributed by atoms with Crippen LogP contribution in [0.2, 0.25) is 0 Å². The molecule has 0 saturated heterocycles. The van der Waals surface area contributed by atoms with Gasteiger partial charge < -0.3 is 9.57 Å². The van der Waals surface area contributed by atoms with Gasteiger partial charge in [-0.2, -0.15) is 0 Å². The van der Waals surface area contributed by atoms with Crippen molar-refractivity contribution in [3.63, 3.8) is 0 Å². The monoisotopic (exact) mass is 219 g/mol. The van der Waals surface area contributed by atoms with E-state index in [1.807, 2.05) is 24.3 Å². The van der Waals surface area contributed by atoms with Gasteiger partial charge in [-0.15, -0.1) is 0 Å². The molecular formula is C12H13NO3. The third kappa shape index (κ3) is 1.66. The van der Waals surface area contributed by atoms with E-state index in [0.717, 1.165) is 11.1 Å². The van der Waals surface area contributed by atoms with Crippen LogP contribution in [0, 0.1) is 5.92 Å². The number of methoxy groups -OCH3 is 1. The summed E-state index contributed by atoms with van der Waals surface area (Å²) in [6.07, 6.45) is 0.630. The van der Waals surface area contributed by atoms with Gasteiger partial charge in [0.1, 0.15) is 18.7 Å². The number of oxime groups is 1. The first-order valence-corrected chi connectivity index (χ1v) is 5.05. The smallest absolute Gasteiger partial charge is 0.315 e. The second-order valence-electron chi connectivity index (χ2n) is 3.60. The summed E-state index contributed by atoms with van der Waals surface area (Å²) in [5.74, 6) is -0.616. The van der Waals surface area contributed by atoms with E-state index >= 15 is 0 Å². The lowest BCUT2D eigenvalue weighted by Gasteiger charge is -2.07. The Balaban J connectivity index is 2.41. The van der Waals surface area contributed by atoms with E-state index in [4.69, 9.17) is 9.57 Å². The summed E-state index contributed by atoms with van der Waals surface area (Å²) in [6.45, 7) is 0. The fraction of sp³-hybridized carbons (Fsp3) is 0.333. The van der Waals surface area contributed by atoms with Crippen molar-refractivity contribution >= 4 is 11.7 Å². The summed E-state index contributed by atoms with van der Waals surface area (Å²) in [5, 5.41) is 3.93. The first-order valence-electron chi connectivity index (χ1n) is 5.05. The zero-order valence-electron chi connectivity index (χ0n) is 9.27. The molecule has 1 aliphatic carbocycles. The van der Waals surface area contributed by atoms with Gasteiger partial charge in [0.05, 0.1) is 7.11 Å². The highest BCUT2D eigenvalue weighted by atomic mass is 16.6. The molecule has 1 unspecified atom stereocenters. The molecule has 0 saturated carbocycles. The van der Waals surface area contributed by atoms with E-state index in [-0.39, 0.29) is 11.9 Å². The minimum absolute atomic E-state index is 0.271. The summed E-state index contributed by atoms with van der Waals surface area (Å²) in [4.78, 5) is 16.4. The number of fused-ring (bicyclic) bond motifs is 1. The van der Waals surface area contributed by atoms with Gasteiger partial charge in [-0.1, -0.05) is 29.4 Å². The van der Waals surface area contributed by atoms with Crippen molar-refractivity contribution in [1.29, 1.82) is 0 Å². The molecule has 0 bridgehead atoms. The second kappa shape index (κ2) is 4.35. The summed E-state index contributed by atoms with van der Waals surface area (Å²) < 4.78 is 4.77. The molecule has 1 aromatic carbocycles. The SMILES string of the molecule is CON=C1c2ccccc2CC1C(=O)OC. The Morgan fingerprint density at radius 2 is 2.12 bits per heavy atom. The van der Waals surface area contributed by atoms with Gasteiger partial charge in [-0.05, 0) is 12.0 Å².